The van der Waals surface area contributed by atoms with Crippen molar-refractivity contribution in [2.24, 2.45) is 0 Å². The van der Waals surface area contributed by atoms with Crippen molar-refractivity contribution < 1.29 is 27.6 Å². The predicted octanol–water partition coefficient (Wildman–Crippen LogP) is 1.14. The lowest BCUT2D eigenvalue weighted by Gasteiger charge is -2.12. The molecule has 0 aliphatic carbocycles. The van der Waals surface area contributed by atoms with Crippen LogP contribution in [0.25, 0.3) is 0 Å². The fourth-order valence-electron chi connectivity index (χ4n) is 2.44. The number of benzene rings is 1. The van der Waals surface area contributed by atoms with Gasteiger partial charge < -0.3 is 4.84 Å². The minimum absolute atomic E-state index is 0.135. The van der Waals surface area contributed by atoms with Gasteiger partial charge in [-0.3, -0.25) is 14.6 Å². The first-order valence-corrected chi connectivity index (χ1v) is 9.47. The number of carbonyl (C=O) groups excluding carboxylic acids is 3. The molecule has 0 unspecified atom stereocenters. The van der Waals surface area contributed by atoms with E-state index in [0.717, 1.165) is 0 Å². The third-order valence-electron chi connectivity index (χ3n) is 3.70. The average molecular weight is 374 g/mol. The lowest BCUT2D eigenvalue weighted by molar-refractivity contribution is -0.168. The van der Waals surface area contributed by atoms with Crippen molar-refractivity contribution in [1.82, 2.24) is 10.0 Å². The number of nitrogens with zero attached hydrogens (tertiary/aromatic N) is 2. The number of amides is 2. The maximum Gasteiger partial charge on any atom is 0.334 e. The summed E-state index contributed by atoms with van der Waals surface area (Å²) in [5.41, 5.74) is 0.819. The van der Waals surface area contributed by atoms with Gasteiger partial charge in [0.2, 0.25) is 0 Å². The van der Waals surface area contributed by atoms with Crippen LogP contribution in [0.2, 0.25) is 0 Å². The number of sulfone groups is 1. The van der Waals surface area contributed by atoms with Crippen molar-refractivity contribution >= 4 is 27.6 Å². The Kier molecular flexibility index (Phi) is 4.81. The van der Waals surface area contributed by atoms with E-state index in [0.29, 0.717) is 10.6 Å². The molecule has 0 spiro atoms. The number of rotatable bonds is 6. The minimum atomic E-state index is -3.56. The number of hydrogen-bond donors (Lipinski definition) is 0. The van der Waals surface area contributed by atoms with Crippen LogP contribution in [0.4, 0.5) is 0 Å². The number of imide groups is 1. The van der Waals surface area contributed by atoms with E-state index >= 15 is 0 Å². The van der Waals surface area contributed by atoms with Gasteiger partial charge in [0, 0.05) is 12.4 Å². The zero-order chi connectivity index (χ0) is 18.7. The monoisotopic (exact) mass is 374 g/mol. The summed E-state index contributed by atoms with van der Waals surface area (Å²) in [6.45, 7) is 0. The molecule has 0 saturated carbocycles. The third-order valence-corrected chi connectivity index (χ3v) is 5.30. The van der Waals surface area contributed by atoms with Crippen LogP contribution in [0, 0.1) is 0 Å². The highest BCUT2D eigenvalue weighted by Crippen LogP contribution is 2.22. The largest absolute Gasteiger partial charge is 0.334 e. The van der Waals surface area contributed by atoms with Gasteiger partial charge in [0.05, 0.1) is 29.1 Å². The van der Waals surface area contributed by atoms with Crippen molar-refractivity contribution in [3.63, 3.8) is 0 Å². The van der Waals surface area contributed by atoms with Crippen LogP contribution in [-0.4, -0.2) is 42.0 Å². The summed E-state index contributed by atoms with van der Waals surface area (Å²) in [4.78, 5) is 44.7. The third kappa shape index (κ3) is 3.77. The molecule has 26 heavy (non-hydrogen) atoms. The molecular weight excluding hydrogens is 360 g/mol. The number of pyridine rings is 1. The summed E-state index contributed by atoms with van der Waals surface area (Å²) in [5, 5.41) is 0.364. The Morgan fingerprint density at radius 1 is 1.00 bits per heavy atom. The first kappa shape index (κ1) is 17.7. The van der Waals surface area contributed by atoms with Crippen molar-refractivity contribution in [2.75, 3.05) is 5.75 Å². The number of hydrogen-bond acceptors (Lipinski definition) is 7. The van der Waals surface area contributed by atoms with Gasteiger partial charge in [-0.15, -0.1) is 0 Å². The second-order valence-electron chi connectivity index (χ2n) is 5.61. The Morgan fingerprint density at radius 3 is 2.15 bits per heavy atom. The second kappa shape index (κ2) is 7.04. The predicted molar refractivity (Wildman–Crippen MR) is 89.4 cm³/mol. The zero-order valence-electron chi connectivity index (χ0n) is 13.5. The van der Waals surface area contributed by atoms with Crippen LogP contribution in [0.5, 0.6) is 0 Å². The van der Waals surface area contributed by atoms with Crippen LogP contribution >= 0.6 is 0 Å². The van der Waals surface area contributed by atoms with Gasteiger partial charge in [-0.05, 0) is 29.8 Å². The molecule has 2 aromatic rings. The standard InChI is InChI=1S/C17H14N2O6S/c20-15(7-10-26(23,24)11-12-5-8-18-9-6-12)25-19-16(21)13-3-1-2-4-14(13)17(19)22/h1-6,8-9H,7,10-11H2. The molecule has 1 aliphatic rings. The van der Waals surface area contributed by atoms with E-state index in [9.17, 15) is 22.8 Å². The molecule has 0 N–H and O–H groups in total. The van der Waals surface area contributed by atoms with Gasteiger partial charge >= 0.3 is 5.97 Å². The first-order valence-electron chi connectivity index (χ1n) is 7.65. The molecule has 1 aromatic heterocycles. The molecule has 2 heterocycles. The number of hydroxylamine groups is 2. The van der Waals surface area contributed by atoms with Crippen molar-refractivity contribution in [3.05, 3.63) is 65.5 Å². The summed E-state index contributed by atoms with van der Waals surface area (Å²) in [5.74, 6) is -3.18. The molecular formula is C17H14N2O6S. The van der Waals surface area contributed by atoms with Crippen LogP contribution in [0.1, 0.15) is 32.7 Å². The van der Waals surface area contributed by atoms with Crippen LogP contribution in [0.15, 0.2) is 48.8 Å². The maximum absolute atomic E-state index is 12.1. The fraction of sp³-hybridized carbons (Fsp3) is 0.176. The molecule has 8 nitrogen and oxygen atoms in total. The van der Waals surface area contributed by atoms with Crippen molar-refractivity contribution in [3.8, 4) is 0 Å². The molecule has 0 saturated heterocycles. The lowest BCUT2D eigenvalue weighted by atomic mass is 10.1. The van der Waals surface area contributed by atoms with Gasteiger partial charge in [0.25, 0.3) is 11.8 Å². The molecule has 1 aromatic carbocycles. The van der Waals surface area contributed by atoms with Gasteiger partial charge in [-0.2, -0.15) is 0 Å². The summed E-state index contributed by atoms with van der Waals surface area (Å²) in [6, 6.07) is 9.19. The summed E-state index contributed by atoms with van der Waals surface area (Å²) in [6.07, 6.45) is 2.48. The minimum Gasteiger partial charge on any atom is -0.330 e. The maximum atomic E-state index is 12.1. The Hall–Kier alpha value is -3.07. The molecule has 3 rings (SSSR count). The summed E-state index contributed by atoms with van der Waals surface area (Å²) < 4.78 is 24.1. The highest BCUT2D eigenvalue weighted by atomic mass is 32.2. The molecule has 134 valence electrons. The van der Waals surface area contributed by atoms with Crippen LogP contribution < -0.4 is 0 Å². The molecule has 2 amide bonds. The van der Waals surface area contributed by atoms with E-state index < -0.39 is 39.8 Å². The van der Waals surface area contributed by atoms with E-state index in [1.807, 2.05) is 0 Å². The van der Waals surface area contributed by atoms with Crippen molar-refractivity contribution in [1.29, 1.82) is 0 Å². The van der Waals surface area contributed by atoms with E-state index in [1.165, 1.54) is 24.5 Å². The second-order valence-corrected chi connectivity index (χ2v) is 7.80. The van der Waals surface area contributed by atoms with Gasteiger partial charge in [-0.1, -0.05) is 17.2 Å². The Morgan fingerprint density at radius 2 is 1.58 bits per heavy atom. The number of aromatic nitrogens is 1. The number of carbonyl (C=O) groups is 3. The van der Waals surface area contributed by atoms with Gasteiger partial charge in [0.15, 0.2) is 9.84 Å². The van der Waals surface area contributed by atoms with Crippen molar-refractivity contribution in [2.45, 2.75) is 12.2 Å². The van der Waals surface area contributed by atoms with E-state index in [1.54, 1.807) is 24.3 Å². The smallest absolute Gasteiger partial charge is 0.330 e. The van der Waals surface area contributed by atoms with E-state index in [4.69, 9.17) is 4.84 Å². The normalized spacial score (nSPS) is 13.6. The van der Waals surface area contributed by atoms with Gasteiger partial charge in [-0.25, -0.2) is 13.2 Å². The SMILES string of the molecule is O=C(CCS(=O)(=O)Cc1ccncc1)ON1C(=O)c2ccccc2C1=O. The lowest BCUT2D eigenvalue weighted by Crippen LogP contribution is -2.33. The zero-order valence-corrected chi connectivity index (χ0v) is 14.3. The Bertz CT molecular complexity index is 937. The molecule has 0 fully saturated rings. The molecule has 9 heteroatoms. The molecule has 0 atom stereocenters. The quantitative estimate of drug-likeness (QED) is 0.697. The van der Waals surface area contributed by atoms with Crippen LogP contribution in [0.3, 0.4) is 0 Å². The summed E-state index contributed by atoms with van der Waals surface area (Å²) in [7, 11) is -3.56. The summed E-state index contributed by atoms with van der Waals surface area (Å²) >= 11 is 0. The van der Waals surface area contributed by atoms with Crippen LogP contribution in [-0.2, 0) is 25.2 Å². The topological polar surface area (TPSA) is 111 Å². The first-order chi connectivity index (χ1) is 12.4. The van der Waals surface area contributed by atoms with E-state index in [2.05, 4.69) is 4.98 Å². The molecule has 0 bridgehead atoms. The average Bonchev–Trinajstić information content (AvgIpc) is 2.86. The highest BCUT2D eigenvalue weighted by Gasteiger charge is 2.38. The van der Waals surface area contributed by atoms with E-state index in [-0.39, 0.29) is 16.9 Å². The number of fused-ring (bicyclic) bond motifs is 1. The van der Waals surface area contributed by atoms with Gasteiger partial charge in [0.1, 0.15) is 0 Å². The Labute approximate surface area is 149 Å². The highest BCUT2D eigenvalue weighted by molar-refractivity contribution is 7.90. The fourth-order valence-corrected chi connectivity index (χ4v) is 3.76. The molecule has 1 aliphatic heterocycles. The Balaban J connectivity index is 1.58. The molecule has 0 radical (unpaired) electrons.